The molecule has 138 valence electrons. The Morgan fingerprint density at radius 3 is 2.04 bits per heavy atom. The van der Waals surface area contributed by atoms with Gasteiger partial charge in [0.2, 0.25) is 0 Å². The van der Waals surface area contributed by atoms with Gasteiger partial charge < -0.3 is 0 Å². The van der Waals surface area contributed by atoms with E-state index in [9.17, 15) is 9.59 Å². The summed E-state index contributed by atoms with van der Waals surface area (Å²) in [6, 6.07) is 27.0. The van der Waals surface area contributed by atoms with E-state index in [1.807, 2.05) is 84.9 Å². The lowest BCUT2D eigenvalue weighted by molar-refractivity contribution is 0.0998. The van der Waals surface area contributed by atoms with Crippen LogP contribution in [-0.2, 0) is 6.42 Å². The molecule has 0 unspecified atom stereocenters. The van der Waals surface area contributed by atoms with Gasteiger partial charge >= 0.3 is 0 Å². The molecule has 0 aromatic heterocycles. The van der Waals surface area contributed by atoms with E-state index in [1.165, 1.54) is 0 Å². The Morgan fingerprint density at radius 2 is 1.32 bits per heavy atom. The summed E-state index contributed by atoms with van der Waals surface area (Å²) in [5.74, 6) is 0.102. The zero-order valence-electron chi connectivity index (χ0n) is 15.7. The van der Waals surface area contributed by atoms with Crippen LogP contribution in [0.2, 0.25) is 0 Å². The van der Waals surface area contributed by atoms with Crippen molar-refractivity contribution in [3.63, 3.8) is 0 Å². The fourth-order valence-corrected chi connectivity index (χ4v) is 3.89. The minimum absolute atomic E-state index is 0.0392. The molecule has 0 spiro atoms. The molecule has 2 nitrogen and oxygen atoms in total. The summed E-state index contributed by atoms with van der Waals surface area (Å²) < 4.78 is 0. The van der Waals surface area contributed by atoms with Crippen molar-refractivity contribution in [2.75, 3.05) is 0 Å². The first-order chi connectivity index (χ1) is 13.7. The summed E-state index contributed by atoms with van der Waals surface area (Å²) >= 11 is 0. The lowest BCUT2D eigenvalue weighted by Gasteiger charge is -2.14. The number of rotatable bonds is 4. The van der Waals surface area contributed by atoms with Crippen LogP contribution in [0.15, 0.2) is 90.5 Å². The minimum atomic E-state index is 0.0392. The number of carbonyl (C=O) groups excluding carboxylic acids is 2. The average molecular weight is 366 g/mol. The van der Waals surface area contributed by atoms with Crippen LogP contribution in [0.25, 0.3) is 5.57 Å². The van der Waals surface area contributed by atoms with E-state index in [-0.39, 0.29) is 18.0 Å². The molecule has 0 N–H and O–H groups in total. The molecule has 0 bridgehead atoms. The summed E-state index contributed by atoms with van der Waals surface area (Å²) in [7, 11) is 0. The quantitative estimate of drug-likeness (QED) is 0.326. The molecule has 2 heteroatoms. The molecule has 0 radical (unpaired) electrons. The van der Waals surface area contributed by atoms with Crippen molar-refractivity contribution in [2.45, 2.75) is 25.7 Å². The van der Waals surface area contributed by atoms with E-state index in [0.717, 1.165) is 40.7 Å². The van der Waals surface area contributed by atoms with Crippen LogP contribution in [0.1, 0.15) is 51.1 Å². The number of ketones is 2. The fraction of sp³-hybridized carbons (Fsp3) is 0.154. The number of Topliss-reactive ketones (excluding diaryl/α,β-unsaturated/α-hetero) is 2. The highest BCUT2D eigenvalue weighted by Crippen LogP contribution is 2.32. The SMILES string of the molecule is O=C(CC(=C1CCCc2ccccc2C1=O)c1ccccc1)c1ccccc1. The fourth-order valence-electron chi connectivity index (χ4n) is 3.89. The van der Waals surface area contributed by atoms with E-state index >= 15 is 0 Å². The molecule has 1 aliphatic rings. The molecule has 1 aliphatic carbocycles. The van der Waals surface area contributed by atoms with E-state index in [1.54, 1.807) is 0 Å². The topological polar surface area (TPSA) is 34.1 Å². The van der Waals surface area contributed by atoms with Crippen molar-refractivity contribution in [2.24, 2.45) is 0 Å². The molecule has 0 aliphatic heterocycles. The molecule has 28 heavy (non-hydrogen) atoms. The normalized spacial score (nSPS) is 15.5. The van der Waals surface area contributed by atoms with Crippen molar-refractivity contribution in [1.82, 2.24) is 0 Å². The maximum atomic E-state index is 13.4. The van der Waals surface area contributed by atoms with Gasteiger partial charge in [-0.1, -0.05) is 84.9 Å². The number of hydrogen-bond donors (Lipinski definition) is 0. The Balaban J connectivity index is 1.81. The second-order valence-corrected chi connectivity index (χ2v) is 7.13. The third kappa shape index (κ3) is 3.72. The van der Waals surface area contributed by atoms with Gasteiger partial charge in [-0.05, 0) is 36.0 Å². The van der Waals surface area contributed by atoms with Gasteiger partial charge in [0.15, 0.2) is 11.6 Å². The summed E-state index contributed by atoms with van der Waals surface area (Å²) in [5, 5.41) is 0. The Labute approximate surface area is 165 Å². The molecule has 4 rings (SSSR count). The number of allylic oxidation sites excluding steroid dienone is 2. The monoisotopic (exact) mass is 366 g/mol. The number of carbonyl (C=O) groups is 2. The molecule has 0 heterocycles. The van der Waals surface area contributed by atoms with Crippen LogP contribution in [-0.4, -0.2) is 11.6 Å². The van der Waals surface area contributed by atoms with Crippen LogP contribution in [0.3, 0.4) is 0 Å². The van der Waals surface area contributed by atoms with Gasteiger partial charge in [-0.3, -0.25) is 9.59 Å². The Morgan fingerprint density at radius 1 is 0.714 bits per heavy atom. The van der Waals surface area contributed by atoms with Crippen LogP contribution in [0, 0.1) is 0 Å². The van der Waals surface area contributed by atoms with Crippen molar-refractivity contribution in [3.8, 4) is 0 Å². The zero-order valence-corrected chi connectivity index (χ0v) is 15.7. The summed E-state index contributed by atoms with van der Waals surface area (Å²) in [6.07, 6.45) is 2.73. The van der Waals surface area contributed by atoms with Gasteiger partial charge in [0.05, 0.1) is 0 Å². The molecular formula is C26H22O2. The maximum absolute atomic E-state index is 13.4. The second-order valence-electron chi connectivity index (χ2n) is 7.13. The number of hydrogen-bond acceptors (Lipinski definition) is 2. The standard InChI is InChI=1S/C26H22O2/c27-25(21-13-5-2-6-14-21)18-24(20-10-3-1-4-11-20)23-17-9-15-19-12-7-8-16-22(19)26(23)28/h1-8,10-14,16H,9,15,17-18H2. The molecule has 0 atom stereocenters. The third-order valence-corrected chi connectivity index (χ3v) is 5.33. The zero-order chi connectivity index (χ0) is 19.3. The Bertz CT molecular complexity index is 1030. The minimum Gasteiger partial charge on any atom is -0.294 e. The summed E-state index contributed by atoms with van der Waals surface area (Å²) in [4.78, 5) is 26.4. The number of aryl methyl sites for hydroxylation is 1. The van der Waals surface area contributed by atoms with Gasteiger partial charge in [0.1, 0.15) is 0 Å². The second kappa shape index (κ2) is 8.18. The van der Waals surface area contributed by atoms with Crippen molar-refractivity contribution >= 4 is 17.1 Å². The van der Waals surface area contributed by atoms with Crippen molar-refractivity contribution in [1.29, 1.82) is 0 Å². The molecule has 0 saturated carbocycles. The van der Waals surface area contributed by atoms with Crippen LogP contribution in [0.4, 0.5) is 0 Å². The highest BCUT2D eigenvalue weighted by Gasteiger charge is 2.24. The largest absolute Gasteiger partial charge is 0.294 e. The highest BCUT2D eigenvalue weighted by molar-refractivity contribution is 6.16. The first-order valence-electron chi connectivity index (χ1n) is 9.72. The van der Waals surface area contributed by atoms with E-state index in [2.05, 4.69) is 0 Å². The van der Waals surface area contributed by atoms with E-state index in [4.69, 9.17) is 0 Å². The molecule has 0 fully saturated rings. The van der Waals surface area contributed by atoms with Gasteiger partial charge in [-0.25, -0.2) is 0 Å². The first-order valence-corrected chi connectivity index (χ1v) is 9.72. The highest BCUT2D eigenvalue weighted by atomic mass is 16.1. The van der Waals surface area contributed by atoms with Gasteiger partial charge in [0, 0.05) is 23.1 Å². The first kappa shape index (κ1) is 18.1. The Hall–Kier alpha value is -3.26. The molecule has 3 aromatic rings. The van der Waals surface area contributed by atoms with E-state index < -0.39 is 0 Å². The third-order valence-electron chi connectivity index (χ3n) is 5.33. The van der Waals surface area contributed by atoms with Gasteiger partial charge in [-0.15, -0.1) is 0 Å². The summed E-state index contributed by atoms with van der Waals surface area (Å²) in [6.45, 7) is 0. The smallest absolute Gasteiger partial charge is 0.189 e. The lowest BCUT2D eigenvalue weighted by Crippen LogP contribution is -2.09. The van der Waals surface area contributed by atoms with Crippen molar-refractivity contribution in [3.05, 3.63) is 113 Å². The maximum Gasteiger partial charge on any atom is 0.189 e. The molecule has 0 amide bonds. The summed E-state index contributed by atoms with van der Waals surface area (Å²) in [5.41, 5.74) is 5.14. The lowest BCUT2D eigenvalue weighted by atomic mass is 9.88. The average Bonchev–Trinajstić information content (AvgIpc) is 2.92. The molecule has 3 aromatic carbocycles. The molecular weight excluding hydrogens is 344 g/mol. The number of fused-ring (bicyclic) bond motifs is 1. The van der Waals surface area contributed by atoms with Crippen LogP contribution >= 0.6 is 0 Å². The predicted octanol–water partition coefficient (Wildman–Crippen LogP) is 5.93. The van der Waals surface area contributed by atoms with Crippen LogP contribution < -0.4 is 0 Å². The van der Waals surface area contributed by atoms with Gasteiger partial charge in [-0.2, -0.15) is 0 Å². The molecule has 0 saturated heterocycles. The van der Waals surface area contributed by atoms with Crippen LogP contribution in [0.5, 0.6) is 0 Å². The Kier molecular flexibility index (Phi) is 5.29. The number of benzene rings is 3. The predicted molar refractivity (Wildman–Crippen MR) is 112 cm³/mol. The van der Waals surface area contributed by atoms with E-state index in [0.29, 0.717) is 12.0 Å². The van der Waals surface area contributed by atoms with Gasteiger partial charge in [0.25, 0.3) is 0 Å². The van der Waals surface area contributed by atoms with Crippen molar-refractivity contribution < 1.29 is 9.59 Å².